The fraction of sp³-hybridized carbons (Fsp3) is 0.556. The largest absolute Gasteiger partial charge is 0.364 e. The Labute approximate surface area is 72.1 Å². The molecule has 1 heterocycles. The molecule has 1 aliphatic heterocycles. The van der Waals surface area contributed by atoms with E-state index in [0.717, 1.165) is 12.8 Å². The van der Waals surface area contributed by atoms with Gasteiger partial charge in [-0.3, -0.25) is 9.79 Å². The summed E-state index contributed by atoms with van der Waals surface area (Å²) in [6.45, 7) is 2.72. The van der Waals surface area contributed by atoms with Crippen molar-refractivity contribution in [1.82, 2.24) is 0 Å². The lowest BCUT2D eigenvalue weighted by atomic mass is 10.2. The molecule has 0 aromatic heterocycles. The van der Waals surface area contributed by atoms with Crippen molar-refractivity contribution in [2.45, 2.75) is 25.9 Å². The summed E-state index contributed by atoms with van der Waals surface area (Å²) in [6, 6.07) is 0. The second-order valence-electron chi connectivity index (χ2n) is 2.66. The lowest BCUT2D eigenvalue weighted by Crippen LogP contribution is -2.26. The Kier molecular flexibility index (Phi) is 3.67. The Bertz CT molecular complexity index is 209. The molecule has 0 N–H and O–H groups in total. The number of unbranched alkanes of at least 4 members (excludes halogenated alkanes) is 1. The molecule has 66 valence electrons. The first-order chi connectivity index (χ1) is 5.84. The van der Waals surface area contributed by atoms with Gasteiger partial charge < -0.3 is 4.74 Å². The van der Waals surface area contributed by atoms with Crippen LogP contribution in [0.3, 0.4) is 0 Å². The molecular formula is C9H13NO2. The van der Waals surface area contributed by atoms with Crippen LogP contribution in [-0.4, -0.2) is 24.7 Å². The molecular weight excluding hydrogens is 154 g/mol. The molecule has 0 aliphatic carbocycles. The molecule has 3 heteroatoms. The van der Waals surface area contributed by atoms with E-state index in [4.69, 9.17) is 4.74 Å². The second-order valence-corrected chi connectivity index (χ2v) is 2.66. The van der Waals surface area contributed by atoms with Crippen LogP contribution in [0.25, 0.3) is 0 Å². The number of nitrogens with zero attached hydrogens (tertiary/aromatic N) is 1. The van der Waals surface area contributed by atoms with Crippen molar-refractivity contribution >= 4 is 12.0 Å². The molecule has 0 aromatic carbocycles. The number of ketones is 1. The standard InChI is InChI=1S/C9H13NO2/c1-2-3-6-12-9-7-10-5-4-8(9)11/h4-5,7,9H,2-3,6H2,1H3. The monoisotopic (exact) mass is 167 g/mol. The van der Waals surface area contributed by atoms with Gasteiger partial charge in [-0.05, 0) is 6.42 Å². The third-order valence-corrected chi connectivity index (χ3v) is 1.62. The van der Waals surface area contributed by atoms with E-state index in [1.54, 1.807) is 0 Å². The summed E-state index contributed by atoms with van der Waals surface area (Å²) in [5.41, 5.74) is 0. The first-order valence-electron chi connectivity index (χ1n) is 4.20. The molecule has 0 amide bonds. The van der Waals surface area contributed by atoms with Crippen molar-refractivity contribution < 1.29 is 9.53 Å². The van der Waals surface area contributed by atoms with Crippen LogP contribution in [0.5, 0.6) is 0 Å². The van der Waals surface area contributed by atoms with E-state index in [2.05, 4.69) is 11.9 Å². The fourth-order valence-corrected chi connectivity index (χ4v) is 0.892. The van der Waals surface area contributed by atoms with Gasteiger partial charge >= 0.3 is 0 Å². The lowest BCUT2D eigenvalue weighted by Gasteiger charge is -2.11. The average Bonchev–Trinajstić information content (AvgIpc) is 2.09. The highest BCUT2D eigenvalue weighted by Gasteiger charge is 2.15. The molecule has 3 nitrogen and oxygen atoms in total. The van der Waals surface area contributed by atoms with Crippen LogP contribution in [0.15, 0.2) is 17.3 Å². The van der Waals surface area contributed by atoms with Gasteiger partial charge in [0, 0.05) is 25.1 Å². The number of aliphatic imine (C=N–C) groups is 1. The van der Waals surface area contributed by atoms with E-state index in [1.807, 2.05) is 0 Å². The van der Waals surface area contributed by atoms with Gasteiger partial charge in [0.25, 0.3) is 0 Å². The van der Waals surface area contributed by atoms with Crippen LogP contribution in [0.1, 0.15) is 19.8 Å². The van der Waals surface area contributed by atoms with Crippen LogP contribution in [-0.2, 0) is 9.53 Å². The summed E-state index contributed by atoms with van der Waals surface area (Å²) >= 11 is 0. The summed E-state index contributed by atoms with van der Waals surface area (Å²) in [5.74, 6) is -0.0129. The van der Waals surface area contributed by atoms with E-state index in [1.165, 1.54) is 18.5 Å². The van der Waals surface area contributed by atoms with Crippen molar-refractivity contribution in [3.8, 4) is 0 Å². The molecule has 1 unspecified atom stereocenters. The molecule has 0 radical (unpaired) electrons. The molecule has 1 aliphatic rings. The number of carbonyl (C=O) groups is 1. The molecule has 0 fully saturated rings. The van der Waals surface area contributed by atoms with Crippen molar-refractivity contribution in [2.24, 2.45) is 4.99 Å². The van der Waals surface area contributed by atoms with E-state index in [9.17, 15) is 4.79 Å². The van der Waals surface area contributed by atoms with Crippen molar-refractivity contribution in [3.63, 3.8) is 0 Å². The number of carbonyl (C=O) groups excluding carboxylic acids is 1. The smallest absolute Gasteiger partial charge is 0.191 e. The fourth-order valence-electron chi connectivity index (χ4n) is 0.892. The Morgan fingerprint density at radius 1 is 1.67 bits per heavy atom. The van der Waals surface area contributed by atoms with Gasteiger partial charge in [0.1, 0.15) is 0 Å². The van der Waals surface area contributed by atoms with Crippen molar-refractivity contribution in [2.75, 3.05) is 6.61 Å². The summed E-state index contributed by atoms with van der Waals surface area (Å²) in [4.78, 5) is 14.9. The van der Waals surface area contributed by atoms with E-state index in [-0.39, 0.29) is 5.78 Å². The van der Waals surface area contributed by atoms with Crippen LogP contribution < -0.4 is 0 Å². The molecule has 0 aromatic rings. The Hall–Kier alpha value is -0.960. The third-order valence-electron chi connectivity index (χ3n) is 1.62. The highest BCUT2D eigenvalue weighted by molar-refractivity contribution is 6.06. The molecule has 0 saturated carbocycles. The summed E-state index contributed by atoms with van der Waals surface area (Å²) in [6.07, 6.45) is 6.09. The van der Waals surface area contributed by atoms with Gasteiger partial charge in [-0.15, -0.1) is 0 Å². The number of hydrogen-bond acceptors (Lipinski definition) is 3. The minimum atomic E-state index is -0.443. The molecule has 1 rings (SSSR count). The van der Waals surface area contributed by atoms with E-state index < -0.39 is 6.10 Å². The maximum atomic E-state index is 11.1. The molecule has 12 heavy (non-hydrogen) atoms. The third kappa shape index (κ3) is 2.58. The summed E-state index contributed by atoms with van der Waals surface area (Å²) < 4.78 is 5.29. The molecule has 1 atom stereocenters. The minimum absolute atomic E-state index is 0.0129. The van der Waals surface area contributed by atoms with Gasteiger partial charge in [0.2, 0.25) is 0 Å². The number of rotatable bonds is 4. The zero-order chi connectivity index (χ0) is 8.81. The Balaban J connectivity index is 2.28. The van der Waals surface area contributed by atoms with Crippen LogP contribution in [0.4, 0.5) is 0 Å². The topological polar surface area (TPSA) is 38.7 Å². The van der Waals surface area contributed by atoms with Crippen LogP contribution in [0, 0.1) is 0 Å². The number of ether oxygens (including phenoxy) is 1. The quantitative estimate of drug-likeness (QED) is 0.592. The van der Waals surface area contributed by atoms with Crippen molar-refractivity contribution in [1.29, 1.82) is 0 Å². The van der Waals surface area contributed by atoms with E-state index >= 15 is 0 Å². The highest BCUT2D eigenvalue weighted by atomic mass is 16.5. The SMILES string of the molecule is CCCCOC1C=NC=CC1=O. The Morgan fingerprint density at radius 3 is 3.17 bits per heavy atom. The normalized spacial score (nSPS) is 21.8. The molecule has 0 saturated heterocycles. The molecule has 0 bridgehead atoms. The maximum Gasteiger partial charge on any atom is 0.191 e. The highest BCUT2D eigenvalue weighted by Crippen LogP contribution is 2.00. The number of hydrogen-bond donors (Lipinski definition) is 0. The first-order valence-corrected chi connectivity index (χ1v) is 4.20. The average molecular weight is 167 g/mol. The van der Waals surface area contributed by atoms with E-state index in [0.29, 0.717) is 6.61 Å². The van der Waals surface area contributed by atoms with Gasteiger partial charge in [0.05, 0.1) is 0 Å². The zero-order valence-corrected chi connectivity index (χ0v) is 7.19. The Morgan fingerprint density at radius 2 is 2.50 bits per heavy atom. The lowest BCUT2D eigenvalue weighted by molar-refractivity contribution is -0.121. The molecule has 0 spiro atoms. The van der Waals surface area contributed by atoms with Gasteiger partial charge in [-0.1, -0.05) is 13.3 Å². The summed E-state index contributed by atoms with van der Waals surface area (Å²) in [7, 11) is 0. The van der Waals surface area contributed by atoms with Gasteiger partial charge in [0.15, 0.2) is 11.9 Å². The first kappa shape index (κ1) is 9.13. The van der Waals surface area contributed by atoms with Gasteiger partial charge in [-0.25, -0.2) is 0 Å². The van der Waals surface area contributed by atoms with Crippen LogP contribution >= 0.6 is 0 Å². The zero-order valence-electron chi connectivity index (χ0n) is 7.19. The van der Waals surface area contributed by atoms with Gasteiger partial charge in [-0.2, -0.15) is 0 Å². The predicted molar refractivity (Wildman–Crippen MR) is 47.3 cm³/mol. The summed E-state index contributed by atoms with van der Waals surface area (Å²) in [5, 5.41) is 0. The van der Waals surface area contributed by atoms with Crippen molar-refractivity contribution in [3.05, 3.63) is 12.3 Å². The second kappa shape index (κ2) is 4.83. The minimum Gasteiger partial charge on any atom is -0.364 e. The maximum absolute atomic E-state index is 11.1. The van der Waals surface area contributed by atoms with Crippen LogP contribution in [0.2, 0.25) is 0 Å². The predicted octanol–water partition coefficient (Wildman–Crippen LogP) is 1.34.